The Kier molecular flexibility index (Phi) is 4.06. The van der Waals surface area contributed by atoms with E-state index >= 15 is 0 Å². The number of fused-ring (bicyclic) bond motifs is 1. The summed E-state index contributed by atoms with van der Waals surface area (Å²) < 4.78 is 37.9. The average molecular weight is 345 g/mol. The lowest BCUT2D eigenvalue weighted by molar-refractivity contribution is -0.137. The number of nitrogens with zero attached hydrogens (tertiary/aromatic N) is 1. The van der Waals surface area contributed by atoms with Crippen molar-refractivity contribution < 1.29 is 22.8 Å². The van der Waals surface area contributed by atoms with Crippen LogP contribution in [-0.4, -0.2) is 16.6 Å². The molecule has 0 spiro atoms. The second kappa shape index (κ2) is 5.95. The third-order valence-electron chi connectivity index (χ3n) is 4.21. The van der Waals surface area contributed by atoms with Crippen molar-refractivity contribution in [1.29, 1.82) is 0 Å². The predicted octanol–water partition coefficient (Wildman–Crippen LogP) is 4.35. The number of allylic oxidation sites excluding steroid dienone is 2. The van der Waals surface area contributed by atoms with Gasteiger partial charge in [0.05, 0.1) is 11.1 Å². The van der Waals surface area contributed by atoms with E-state index in [4.69, 9.17) is 0 Å². The van der Waals surface area contributed by atoms with Gasteiger partial charge >= 0.3 is 6.18 Å². The summed E-state index contributed by atoms with van der Waals surface area (Å²) >= 11 is 0. The molecule has 0 bridgehead atoms. The topological polar surface area (TPSA) is 47.0 Å². The standard InChI is InChI=1S/C19H14F3NO2/c1-10-7-15-16(23-9-10)18(25)14(11(2)17(15)24)8-12-3-5-13(6-4-12)19(20,21)22/h3-7,9H,8H2,1-2H3. The van der Waals surface area contributed by atoms with Crippen LogP contribution in [0.5, 0.6) is 0 Å². The molecule has 0 unspecified atom stereocenters. The molecule has 2 aromatic rings. The minimum atomic E-state index is -4.41. The van der Waals surface area contributed by atoms with Crippen molar-refractivity contribution in [2.24, 2.45) is 0 Å². The Morgan fingerprint density at radius 1 is 1.00 bits per heavy atom. The molecule has 0 N–H and O–H groups in total. The van der Waals surface area contributed by atoms with Gasteiger partial charge in [0.25, 0.3) is 0 Å². The summed E-state index contributed by atoms with van der Waals surface area (Å²) in [6, 6.07) is 6.20. The quantitative estimate of drug-likeness (QED) is 0.813. The van der Waals surface area contributed by atoms with Crippen LogP contribution in [0.2, 0.25) is 0 Å². The molecule has 0 aliphatic heterocycles. The van der Waals surface area contributed by atoms with Crippen molar-refractivity contribution in [2.45, 2.75) is 26.4 Å². The fourth-order valence-electron chi connectivity index (χ4n) is 2.80. The van der Waals surface area contributed by atoms with E-state index in [-0.39, 0.29) is 34.8 Å². The van der Waals surface area contributed by atoms with E-state index < -0.39 is 11.7 Å². The summed E-state index contributed by atoms with van der Waals surface area (Å²) in [4.78, 5) is 29.2. The first-order valence-electron chi connectivity index (χ1n) is 7.60. The zero-order valence-corrected chi connectivity index (χ0v) is 13.6. The van der Waals surface area contributed by atoms with Gasteiger partial charge in [0.2, 0.25) is 5.78 Å². The summed E-state index contributed by atoms with van der Waals surface area (Å²) in [6.07, 6.45) is -2.81. The van der Waals surface area contributed by atoms with Crippen LogP contribution in [0.25, 0.3) is 0 Å². The highest BCUT2D eigenvalue weighted by atomic mass is 19.4. The molecule has 3 nitrogen and oxygen atoms in total. The summed E-state index contributed by atoms with van der Waals surface area (Å²) in [6.45, 7) is 3.34. The second-order valence-corrected chi connectivity index (χ2v) is 6.04. The highest BCUT2D eigenvalue weighted by molar-refractivity contribution is 6.26. The molecule has 1 aliphatic rings. The van der Waals surface area contributed by atoms with Crippen molar-refractivity contribution in [1.82, 2.24) is 4.98 Å². The number of rotatable bonds is 2. The smallest absolute Gasteiger partial charge is 0.289 e. The van der Waals surface area contributed by atoms with Crippen LogP contribution < -0.4 is 0 Å². The molecule has 25 heavy (non-hydrogen) atoms. The molecule has 0 amide bonds. The van der Waals surface area contributed by atoms with Crippen LogP contribution in [0.1, 0.15) is 44.5 Å². The number of benzene rings is 1. The van der Waals surface area contributed by atoms with Gasteiger partial charge in [-0.25, -0.2) is 0 Å². The number of carbonyl (C=O) groups excluding carboxylic acids is 2. The van der Waals surface area contributed by atoms with Crippen LogP contribution in [0.4, 0.5) is 13.2 Å². The number of Topliss-reactive ketones (excluding diaryl/α,β-unsaturated/α-hetero) is 2. The molecular weight excluding hydrogens is 331 g/mol. The van der Waals surface area contributed by atoms with E-state index in [0.717, 1.165) is 17.7 Å². The zero-order chi connectivity index (χ0) is 18.4. The van der Waals surface area contributed by atoms with E-state index in [0.29, 0.717) is 11.1 Å². The Morgan fingerprint density at radius 3 is 2.24 bits per heavy atom. The first-order valence-corrected chi connectivity index (χ1v) is 7.60. The maximum Gasteiger partial charge on any atom is 0.416 e. The van der Waals surface area contributed by atoms with E-state index in [1.807, 2.05) is 0 Å². The molecular formula is C19H14F3NO2. The van der Waals surface area contributed by atoms with Crippen molar-refractivity contribution in [3.05, 3.63) is 75.6 Å². The molecule has 6 heteroatoms. The van der Waals surface area contributed by atoms with Gasteiger partial charge < -0.3 is 0 Å². The van der Waals surface area contributed by atoms with Crippen LogP contribution in [0, 0.1) is 6.92 Å². The Bertz CT molecular complexity index is 909. The maximum atomic E-state index is 12.7. The summed E-state index contributed by atoms with van der Waals surface area (Å²) in [5, 5.41) is 0. The van der Waals surface area contributed by atoms with Crippen LogP contribution in [0.3, 0.4) is 0 Å². The van der Waals surface area contributed by atoms with Crippen LogP contribution in [-0.2, 0) is 12.6 Å². The van der Waals surface area contributed by atoms with E-state index in [1.165, 1.54) is 18.3 Å². The zero-order valence-electron chi connectivity index (χ0n) is 13.6. The molecule has 3 rings (SSSR count). The van der Waals surface area contributed by atoms with Gasteiger partial charge in [0.1, 0.15) is 5.69 Å². The number of carbonyl (C=O) groups is 2. The summed E-state index contributed by atoms with van der Waals surface area (Å²) in [5.41, 5.74) is 1.51. The highest BCUT2D eigenvalue weighted by Crippen LogP contribution is 2.31. The first-order chi connectivity index (χ1) is 11.7. The fraction of sp³-hybridized carbons (Fsp3) is 0.211. The molecule has 1 aromatic carbocycles. The number of pyridine rings is 1. The second-order valence-electron chi connectivity index (χ2n) is 6.04. The van der Waals surface area contributed by atoms with Gasteiger partial charge in [0, 0.05) is 23.8 Å². The summed E-state index contributed by atoms with van der Waals surface area (Å²) in [5.74, 6) is -0.625. The molecule has 0 atom stereocenters. The van der Waals surface area contributed by atoms with E-state index in [9.17, 15) is 22.8 Å². The van der Waals surface area contributed by atoms with Gasteiger partial charge in [-0.3, -0.25) is 14.6 Å². The van der Waals surface area contributed by atoms with Crippen molar-refractivity contribution >= 4 is 11.6 Å². The van der Waals surface area contributed by atoms with E-state index in [2.05, 4.69) is 4.98 Å². The third-order valence-corrected chi connectivity index (χ3v) is 4.21. The minimum Gasteiger partial charge on any atom is -0.289 e. The number of hydrogen-bond donors (Lipinski definition) is 0. The number of hydrogen-bond acceptors (Lipinski definition) is 3. The number of aromatic nitrogens is 1. The number of ketones is 2. The molecule has 0 saturated carbocycles. The monoisotopic (exact) mass is 345 g/mol. The maximum absolute atomic E-state index is 12.7. The van der Waals surface area contributed by atoms with Crippen LogP contribution >= 0.6 is 0 Å². The molecule has 0 saturated heterocycles. The first kappa shape index (κ1) is 17.1. The summed E-state index contributed by atoms with van der Waals surface area (Å²) in [7, 11) is 0. The van der Waals surface area contributed by atoms with Crippen LogP contribution in [0.15, 0.2) is 47.7 Å². The lowest BCUT2D eigenvalue weighted by Crippen LogP contribution is -2.23. The van der Waals surface area contributed by atoms with Gasteiger partial charge in [-0.2, -0.15) is 13.2 Å². The van der Waals surface area contributed by atoms with Crippen molar-refractivity contribution in [3.8, 4) is 0 Å². The predicted molar refractivity (Wildman–Crippen MR) is 85.5 cm³/mol. The normalized spacial score (nSPS) is 14.8. The SMILES string of the molecule is CC1=C(Cc2ccc(C(F)(F)F)cc2)C(=O)c2ncc(C)cc2C1=O. The lowest BCUT2D eigenvalue weighted by Gasteiger charge is -2.19. The Hall–Kier alpha value is -2.76. The average Bonchev–Trinajstić information content (AvgIpc) is 2.56. The van der Waals surface area contributed by atoms with Gasteiger partial charge in [0.15, 0.2) is 5.78 Å². The molecule has 1 aliphatic carbocycles. The fourth-order valence-corrected chi connectivity index (χ4v) is 2.80. The number of halogens is 3. The van der Waals surface area contributed by atoms with Gasteiger partial charge in [-0.1, -0.05) is 12.1 Å². The number of aryl methyl sites for hydroxylation is 1. The number of alkyl halides is 3. The minimum absolute atomic E-state index is 0.0868. The highest BCUT2D eigenvalue weighted by Gasteiger charge is 2.32. The molecule has 1 aromatic heterocycles. The lowest BCUT2D eigenvalue weighted by atomic mass is 9.84. The Morgan fingerprint density at radius 2 is 1.64 bits per heavy atom. The molecule has 0 fully saturated rings. The molecule has 1 heterocycles. The third kappa shape index (κ3) is 3.12. The van der Waals surface area contributed by atoms with Crippen molar-refractivity contribution in [3.63, 3.8) is 0 Å². The van der Waals surface area contributed by atoms with E-state index in [1.54, 1.807) is 19.9 Å². The van der Waals surface area contributed by atoms with Crippen molar-refractivity contribution in [2.75, 3.05) is 0 Å². The Labute approximate surface area is 142 Å². The molecule has 0 radical (unpaired) electrons. The Balaban J connectivity index is 1.95. The van der Waals surface area contributed by atoms with Gasteiger partial charge in [-0.05, 0) is 43.2 Å². The largest absolute Gasteiger partial charge is 0.416 e. The van der Waals surface area contributed by atoms with Gasteiger partial charge in [-0.15, -0.1) is 0 Å². The molecule has 128 valence electrons.